The van der Waals surface area contributed by atoms with Crippen molar-refractivity contribution < 1.29 is 28.2 Å². The molecule has 0 radical (unpaired) electrons. The normalized spacial score (nSPS) is 15.2. The van der Waals surface area contributed by atoms with Crippen LogP contribution in [-0.2, 0) is 16.0 Å². The second kappa shape index (κ2) is 8.69. The predicted molar refractivity (Wildman–Crippen MR) is 102 cm³/mol. The highest BCUT2D eigenvalue weighted by Crippen LogP contribution is 2.35. The minimum absolute atomic E-state index is 0.0995. The number of ether oxygens (including phenoxy) is 3. The average Bonchev–Trinajstić information content (AvgIpc) is 3.03. The molecule has 1 atom stereocenters. The summed E-state index contributed by atoms with van der Waals surface area (Å²) in [4.78, 5) is 23.9. The molecule has 1 aliphatic rings. The fraction of sp³-hybridized carbons (Fsp3) is 0.273. The monoisotopic (exact) mass is 384 g/mol. The van der Waals surface area contributed by atoms with Crippen molar-refractivity contribution in [1.82, 2.24) is 0 Å². The molecule has 0 aromatic heterocycles. The number of esters is 1. The van der Waals surface area contributed by atoms with Crippen molar-refractivity contribution in [1.29, 1.82) is 0 Å². The summed E-state index contributed by atoms with van der Waals surface area (Å²) >= 11 is 0. The van der Waals surface area contributed by atoms with Gasteiger partial charge in [-0.05, 0) is 44.2 Å². The molecule has 28 heavy (non-hydrogen) atoms. The van der Waals surface area contributed by atoms with E-state index in [2.05, 4.69) is 0 Å². The van der Waals surface area contributed by atoms with Gasteiger partial charge >= 0.3 is 5.97 Å². The molecule has 2 aromatic carbocycles. The van der Waals surface area contributed by atoms with E-state index in [9.17, 15) is 14.0 Å². The van der Waals surface area contributed by atoms with Crippen LogP contribution in [0, 0.1) is 5.82 Å². The van der Waals surface area contributed by atoms with Gasteiger partial charge in [0.2, 0.25) is 0 Å². The molecule has 0 unspecified atom stereocenters. The first-order valence-corrected chi connectivity index (χ1v) is 9.06. The van der Waals surface area contributed by atoms with Crippen molar-refractivity contribution >= 4 is 17.8 Å². The Hall–Kier alpha value is -3.15. The molecule has 0 saturated carbocycles. The van der Waals surface area contributed by atoms with Gasteiger partial charge in [0.15, 0.2) is 12.4 Å². The van der Waals surface area contributed by atoms with E-state index in [4.69, 9.17) is 14.2 Å². The van der Waals surface area contributed by atoms with Crippen molar-refractivity contribution in [2.75, 3.05) is 13.2 Å². The number of Topliss-reactive ketones (excluding diaryl/α,β-unsaturated/α-hetero) is 1. The molecule has 0 amide bonds. The number of halogens is 1. The highest BCUT2D eigenvalue weighted by Gasteiger charge is 2.21. The van der Waals surface area contributed by atoms with Gasteiger partial charge in [-0.1, -0.05) is 12.1 Å². The summed E-state index contributed by atoms with van der Waals surface area (Å²) in [5.74, 6) is -0.254. The molecule has 0 N–H and O–H groups in total. The first-order chi connectivity index (χ1) is 13.5. The molecule has 146 valence electrons. The fourth-order valence-electron chi connectivity index (χ4n) is 2.95. The van der Waals surface area contributed by atoms with E-state index in [1.807, 2.05) is 26.0 Å². The van der Waals surface area contributed by atoms with Crippen molar-refractivity contribution in [3.8, 4) is 11.5 Å². The first kappa shape index (κ1) is 19.6. The lowest BCUT2D eigenvalue weighted by molar-refractivity contribution is -0.136. The third kappa shape index (κ3) is 4.76. The van der Waals surface area contributed by atoms with Gasteiger partial charge in [-0.15, -0.1) is 0 Å². The van der Waals surface area contributed by atoms with E-state index in [1.165, 1.54) is 24.3 Å². The zero-order valence-electron chi connectivity index (χ0n) is 15.7. The Labute approximate surface area is 162 Å². The van der Waals surface area contributed by atoms with E-state index < -0.39 is 24.2 Å². The molecule has 3 rings (SSSR count). The summed E-state index contributed by atoms with van der Waals surface area (Å²) in [6.45, 7) is 3.90. The van der Waals surface area contributed by atoms with E-state index in [0.717, 1.165) is 23.8 Å². The number of hydrogen-bond donors (Lipinski definition) is 0. The number of hydrogen-bond acceptors (Lipinski definition) is 5. The van der Waals surface area contributed by atoms with Gasteiger partial charge in [-0.3, -0.25) is 4.79 Å². The quantitative estimate of drug-likeness (QED) is 0.410. The maximum atomic E-state index is 13.2. The standard InChI is InChI=1S/C22H21FO5/c1-3-26-20-12-17-9-14(2)28-21(17)11-16(20)7-8-22(25)27-13-19(24)15-5-4-6-18(23)10-15/h4-8,10-12,14H,3,9,13H2,1-2H3/b8-7+/t14-/m1/s1. The van der Waals surface area contributed by atoms with Crippen LogP contribution in [0.3, 0.4) is 0 Å². The number of carbonyl (C=O) groups is 2. The smallest absolute Gasteiger partial charge is 0.331 e. The van der Waals surface area contributed by atoms with Crippen LogP contribution >= 0.6 is 0 Å². The third-order valence-corrected chi connectivity index (χ3v) is 4.22. The summed E-state index contributed by atoms with van der Waals surface area (Å²) in [6, 6.07) is 8.98. The zero-order valence-corrected chi connectivity index (χ0v) is 15.7. The van der Waals surface area contributed by atoms with Crippen molar-refractivity contribution in [2.24, 2.45) is 0 Å². The Balaban J connectivity index is 1.65. The van der Waals surface area contributed by atoms with E-state index in [-0.39, 0.29) is 11.7 Å². The largest absolute Gasteiger partial charge is 0.493 e. The lowest BCUT2D eigenvalue weighted by Crippen LogP contribution is -2.12. The van der Waals surface area contributed by atoms with Crippen molar-refractivity contribution in [3.63, 3.8) is 0 Å². The van der Waals surface area contributed by atoms with Gasteiger partial charge in [-0.25, -0.2) is 9.18 Å². The number of benzene rings is 2. The average molecular weight is 384 g/mol. The van der Waals surface area contributed by atoms with Gasteiger partial charge in [0, 0.05) is 29.2 Å². The van der Waals surface area contributed by atoms with Gasteiger partial charge in [0.05, 0.1) is 6.61 Å². The highest BCUT2D eigenvalue weighted by molar-refractivity contribution is 5.98. The van der Waals surface area contributed by atoms with Crippen LogP contribution < -0.4 is 9.47 Å². The topological polar surface area (TPSA) is 61.8 Å². The molecule has 0 aliphatic carbocycles. The highest BCUT2D eigenvalue weighted by atomic mass is 19.1. The number of fused-ring (bicyclic) bond motifs is 1. The van der Waals surface area contributed by atoms with Gasteiger partial charge < -0.3 is 14.2 Å². The predicted octanol–water partition coefficient (Wildman–Crippen LogP) is 3.99. The fourth-order valence-corrected chi connectivity index (χ4v) is 2.95. The Kier molecular flexibility index (Phi) is 6.09. The third-order valence-electron chi connectivity index (χ3n) is 4.22. The van der Waals surface area contributed by atoms with Crippen molar-refractivity contribution in [3.05, 3.63) is 65.0 Å². The molecule has 0 fully saturated rings. The van der Waals surface area contributed by atoms with E-state index >= 15 is 0 Å². The molecule has 1 aliphatic heterocycles. The van der Waals surface area contributed by atoms with E-state index in [0.29, 0.717) is 17.9 Å². The molecule has 0 spiro atoms. The van der Waals surface area contributed by atoms with E-state index in [1.54, 1.807) is 6.08 Å². The minimum Gasteiger partial charge on any atom is -0.493 e. The Morgan fingerprint density at radius 2 is 2.11 bits per heavy atom. The van der Waals surface area contributed by atoms with Crippen LogP contribution in [0.2, 0.25) is 0 Å². The SMILES string of the molecule is CCOc1cc2c(cc1/C=C/C(=O)OCC(=O)c1cccc(F)c1)O[C@H](C)C2. The summed E-state index contributed by atoms with van der Waals surface area (Å²) in [5, 5.41) is 0. The second-order valence-corrected chi connectivity index (χ2v) is 6.44. The Morgan fingerprint density at radius 3 is 2.86 bits per heavy atom. The molecular weight excluding hydrogens is 363 g/mol. The molecule has 1 heterocycles. The zero-order chi connectivity index (χ0) is 20.1. The summed E-state index contributed by atoms with van der Waals surface area (Å²) in [5.41, 5.74) is 1.90. The van der Waals surface area contributed by atoms with Crippen LogP contribution in [0.5, 0.6) is 11.5 Å². The Bertz CT molecular complexity index is 919. The molecule has 5 nitrogen and oxygen atoms in total. The maximum absolute atomic E-state index is 13.2. The lowest BCUT2D eigenvalue weighted by Gasteiger charge is -2.10. The minimum atomic E-state index is -0.679. The molecule has 0 bridgehead atoms. The van der Waals surface area contributed by atoms with Crippen LogP contribution in [0.15, 0.2) is 42.5 Å². The molecular formula is C22H21FO5. The van der Waals surface area contributed by atoms with Crippen LogP contribution in [0.4, 0.5) is 4.39 Å². The summed E-state index contributed by atoms with van der Waals surface area (Å²) in [7, 11) is 0. The maximum Gasteiger partial charge on any atom is 0.331 e. The molecule has 0 saturated heterocycles. The first-order valence-electron chi connectivity index (χ1n) is 9.06. The van der Waals surface area contributed by atoms with Crippen LogP contribution in [0.1, 0.15) is 35.3 Å². The summed E-state index contributed by atoms with van der Waals surface area (Å²) in [6.07, 6.45) is 3.69. The van der Waals surface area contributed by atoms with Gasteiger partial charge in [0.25, 0.3) is 0 Å². The van der Waals surface area contributed by atoms with Crippen LogP contribution in [0.25, 0.3) is 6.08 Å². The number of carbonyl (C=O) groups excluding carboxylic acids is 2. The van der Waals surface area contributed by atoms with Crippen LogP contribution in [-0.4, -0.2) is 31.1 Å². The van der Waals surface area contributed by atoms with Gasteiger partial charge in [0.1, 0.15) is 23.4 Å². The number of ketones is 1. The van der Waals surface area contributed by atoms with Gasteiger partial charge in [-0.2, -0.15) is 0 Å². The molecule has 2 aromatic rings. The number of rotatable bonds is 7. The second-order valence-electron chi connectivity index (χ2n) is 6.44. The van der Waals surface area contributed by atoms with Crippen molar-refractivity contribution in [2.45, 2.75) is 26.4 Å². The molecule has 6 heteroatoms. The summed E-state index contributed by atoms with van der Waals surface area (Å²) < 4.78 is 29.5. The lowest BCUT2D eigenvalue weighted by atomic mass is 10.1. The Morgan fingerprint density at radius 1 is 1.29 bits per heavy atom.